The SMILES string of the molecule is c1ccc(-c2ccc(-c3ccc(N(c4ccc(-c5ccc6oc7ccccc7c6c5)cc4)c4cccc5c4-c4ccccc4C5(c4ccccc4)c4ccccc4)cc3)c(-c3ccccc3)c2)cc1. The number of fused-ring (bicyclic) bond motifs is 6. The number of para-hydroxylation sites is 1. The molecular weight excluding hydrogens is 835 g/mol. The van der Waals surface area contributed by atoms with E-state index in [2.05, 4.69) is 266 Å². The number of anilines is 3. The minimum Gasteiger partial charge on any atom is -0.456 e. The van der Waals surface area contributed by atoms with Crippen LogP contribution in [0.2, 0.25) is 0 Å². The lowest BCUT2D eigenvalue weighted by Crippen LogP contribution is -2.28. The molecule has 2 nitrogen and oxygen atoms in total. The molecule has 0 unspecified atom stereocenters. The molecule has 0 N–H and O–H groups in total. The molecular formula is C67H45NO. The van der Waals surface area contributed by atoms with Gasteiger partial charge in [0.25, 0.3) is 0 Å². The van der Waals surface area contributed by atoms with Crippen LogP contribution in [-0.4, -0.2) is 0 Å². The van der Waals surface area contributed by atoms with Gasteiger partial charge in [-0.15, -0.1) is 0 Å². The van der Waals surface area contributed by atoms with Gasteiger partial charge in [0.15, 0.2) is 0 Å². The highest BCUT2D eigenvalue weighted by atomic mass is 16.3. The van der Waals surface area contributed by atoms with E-state index in [4.69, 9.17) is 4.42 Å². The molecule has 324 valence electrons. The Bertz CT molecular complexity index is 3760. The van der Waals surface area contributed by atoms with Crippen LogP contribution in [0.15, 0.2) is 277 Å². The number of nitrogens with zero attached hydrogens (tertiary/aromatic N) is 1. The van der Waals surface area contributed by atoms with E-state index in [0.29, 0.717) is 0 Å². The van der Waals surface area contributed by atoms with Crippen LogP contribution in [0.25, 0.3) is 77.6 Å². The summed E-state index contributed by atoms with van der Waals surface area (Å²) in [5.74, 6) is 0. The van der Waals surface area contributed by atoms with Crippen LogP contribution in [0.4, 0.5) is 17.1 Å². The third kappa shape index (κ3) is 6.72. The smallest absolute Gasteiger partial charge is 0.135 e. The van der Waals surface area contributed by atoms with E-state index in [0.717, 1.165) is 55.7 Å². The van der Waals surface area contributed by atoms with Gasteiger partial charge in [-0.2, -0.15) is 0 Å². The van der Waals surface area contributed by atoms with Crippen molar-refractivity contribution in [2.24, 2.45) is 0 Å². The molecule has 12 aromatic rings. The minimum atomic E-state index is -0.528. The third-order valence-electron chi connectivity index (χ3n) is 14.2. The fourth-order valence-electron chi connectivity index (χ4n) is 11.0. The van der Waals surface area contributed by atoms with E-state index in [9.17, 15) is 0 Å². The molecule has 0 saturated carbocycles. The Hall–Kier alpha value is -8.98. The summed E-state index contributed by atoms with van der Waals surface area (Å²) in [5.41, 5.74) is 21.5. The van der Waals surface area contributed by atoms with Crippen molar-refractivity contribution in [3.8, 4) is 55.6 Å². The number of benzene rings is 11. The summed E-state index contributed by atoms with van der Waals surface area (Å²) in [5, 5.41) is 2.25. The Balaban J connectivity index is 0.992. The number of furan rings is 1. The lowest BCUT2D eigenvalue weighted by molar-refractivity contribution is 0.669. The van der Waals surface area contributed by atoms with Crippen molar-refractivity contribution in [3.05, 3.63) is 295 Å². The first-order valence-corrected chi connectivity index (χ1v) is 23.7. The average molecular weight is 880 g/mol. The van der Waals surface area contributed by atoms with Crippen molar-refractivity contribution in [3.63, 3.8) is 0 Å². The molecule has 1 aromatic heterocycles. The highest BCUT2D eigenvalue weighted by molar-refractivity contribution is 6.06. The van der Waals surface area contributed by atoms with Crippen molar-refractivity contribution in [2.75, 3.05) is 4.90 Å². The van der Waals surface area contributed by atoms with Gasteiger partial charge in [-0.3, -0.25) is 0 Å². The first-order valence-electron chi connectivity index (χ1n) is 23.7. The molecule has 0 aliphatic heterocycles. The van der Waals surface area contributed by atoms with Crippen molar-refractivity contribution < 1.29 is 4.42 Å². The van der Waals surface area contributed by atoms with E-state index >= 15 is 0 Å². The maximum Gasteiger partial charge on any atom is 0.135 e. The summed E-state index contributed by atoms with van der Waals surface area (Å²) in [6.45, 7) is 0. The second-order valence-corrected chi connectivity index (χ2v) is 18.0. The standard InChI is InChI=1S/C67H45NO/c1-5-18-46(19-6-1)50-36-42-56(59(44-50)48-20-7-2-8-21-48)49-34-40-55(41-35-49)68(54-38-32-47(33-39-54)51-37-43-65-60(45-51)57-26-14-16-31-64(57)69-65)63-30-17-29-62-66(63)58-27-13-15-28-61(58)67(62,52-22-9-3-10-23-52)53-24-11-4-12-25-53/h1-45H. The average Bonchev–Trinajstić information content (AvgIpc) is 3.96. The predicted molar refractivity (Wildman–Crippen MR) is 287 cm³/mol. The van der Waals surface area contributed by atoms with Crippen LogP contribution in [-0.2, 0) is 5.41 Å². The van der Waals surface area contributed by atoms with Crippen LogP contribution < -0.4 is 4.90 Å². The van der Waals surface area contributed by atoms with Crippen LogP contribution in [0.5, 0.6) is 0 Å². The van der Waals surface area contributed by atoms with Crippen molar-refractivity contribution >= 4 is 39.0 Å². The van der Waals surface area contributed by atoms with E-state index in [1.54, 1.807) is 0 Å². The molecule has 0 radical (unpaired) electrons. The minimum absolute atomic E-state index is 0.528. The summed E-state index contributed by atoms with van der Waals surface area (Å²) in [6, 6.07) is 99.4. The lowest BCUT2D eigenvalue weighted by atomic mass is 9.68. The third-order valence-corrected chi connectivity index (χ3v) is 14.2. The first kappa shape index (κ1) is 40.3. The van der Waals surface area contributed by atoms with E-state index in [1.165, 1.54) is 61.2 Å². The van der Waals surface area contributed by atoms with Gasteiger partial charge in [0.05, 0.1) is 11.1 Å². The van der Waals surface area contributed by atoms with Crippen LogP contribution in [0.1, 0.15) is 22.3 Å². The second kappa shape index (κ2) is 16.7. The van der Waals surface area contributed by atoms with Crippen molar-refractivity contribution in [2.45, 2.75) is 5.41 Å². The summed E-state index contributed by atoms with van der Waals surface area (Å²) >= 11 is 0. The molecule has 69 heavy (non-hydrogen) atoms. The van der Waals surface area contributed by atoms with Crippen LogP contribution in [0, 0.1) is 0 Å². The highest BCUT2D eigenvalue weighted by Gasteiger charge is 2.47. The Morgan fingerprint density at radius 3 is 1.48 bits per heavy atom. The Morgan fingerprint density at radius 1 is 0.290 bits per heavy atom. The zero-order chi connectivity index (χ0) is 45.7. The van der Waals surface area contributed by atoms with Gasteiger partial charge in [0.2, 0.25) is 0 Å². The first-order chi connectivity index (χ1) is 34.2. The monoisotopic (exact) mass is 879 g/mol. The number of hydrogen-bond donors (Lipinski definition) is 0. The van der Waals surface area contributed by atoms with Gasteiger partial charge < -0.3 is 9.32 Å². The molecule has 1 aliphatic carbocycles. The molecule has 0 saturated heterocycles. The van der Waals surface area contributed by atoms with Gasteiger partial charge in [0.1, 0.15) is 11.2 Å². The maximum atomic E-state index is 6.21. The fourth-order valence-corrected chi connectivity index (χ4v) is 11.0. The molecule has 2 heteroatoms. The second-order valence-electron chi connectivity index (χ2n) is 18.0. The van der Waals surface area contributed by atoms with E-state index < -0.39 is 5.41 Å². The number of rotatable bonds is 9. The molecule has 0 bridgehead atoms. The zero-order valence-corrected chi connectivity index (χ0v) is 37.8. The molecule has 11 aromatic carbocycles. The van der Waals surface area contributed by atoms with Crippen molar-refractivity contribution in [1.29, 1.82) is 0 Å². The summed E-state index contributed by atoms with van der Waals surface area (Å²) < 4.78 is 6.21. The fraction of sp³-hybridized carbons (Fsp3) is 0.0149. The topological polar surface area (TPSA) is 16.4 Å². The van der Waals surface area contributed by atoms with Gasteiger partial charge in [0, 0.05) is 27.7 Å². The quantitative estimate of drug-likeness (QED) is 0.144. The molecule has 0 spiro atoms. The van der Waals surface area contributed by atoms with Gasteiger partial charge >= 0.3 is 0 Å². The van der Waals surface area contributed by atoms with E-state index in [-0.39, 0.29) is 0 Å². The highest BCUT2D eigenvalue weighted by Crippen LogP contribution is 2.59. The lowest BCUT2D eigenvalue weighted by Gasteiger charge is -2.34. The summed E-state index contributed by atoms with van der Waals surface area (Å²) in [6.07, 6.45) is 0. The molecule has 1 heterocycles. The van der Waals surface area contributed by atoms with Crippen molar-refractivity contribution in [1.82, 2.24) is 0 Å². The zero-order valence-electron chi connectivity index (χ0n) is 37.8. The van der Waals surface area contributed by atoms with Gasteiger partial charge in [-0.05, 0) is 127 Å². The van der Waals surface area contributed by atoms with Gasteiger partial charge in [-0.1, -0.05) is 218 Å². The normalized spacial score (nSPS) is 12.5. The molecule has 0 fully saturated rings. The molecule has 13 rings (SSSR count). The molecule has 0 atom stereocenters. The predicted octanol–water partition coefficient (Wildman–Crippen LogP) is 18.1. The number of hydrogen-bond acceptors (Lipinski definition) is 2. The molecule has 0 amide bonds. The Labute approximate surface area is 402 Å². The summed E-state index contributed by atoms with van der Waals surface area (Å²) in [4.78, 5) is 2.46. The largest absolute Gasteiger partial charge is 0.456 e. The van der Waals surface area contributed by atoms with E-state index in [1.807, 2.05) is 12.1 Å². The van der Waals surface area contributed by atoms with Gasteiger partial charge in [-0.25, -0.2) is 0 Å². The Morgan fingerprint density at radius 2 is 0.783 bits per heavy atom. The van der Waals surface area contributed by atoms with Crippen LogP contribution >= 0.6 is 0 Å². The maximum absolute atomic E-state index is 6.21. The Kier molecular flexibility index (Phi) is 9.77. The van der Waals surface area contributed by atoms with Crippen LogP contribution in [0.3, 0.4) is 0 Å². The summed E-state index contributed by atoms with van der Waals surface area (Å²) in [7, 11) is 0. The molecule has 1 aliphatic rings.